The number of halogens is 2. The number of carboxylic acid groups (broad SMARTS) is 1. The van der Waals surface area contributed by atoms with Crippen molar-refractivity contribution in [1.82, 2.24) is 14.3 Å². The van der Waals surface area contributed by atoms with Crippen LogP contribution in [0.5, 0.6) is 0 Å². The van der Waals surface area contributed by atoms with E-state index in [0.29, 0.717) is 11.3 Å². The summed E-state index contributed by atoms with van der Waals surface area (Å²) in [6.45, 7) is 3.76. The van der Waals surface area contributed by atoms with E-state index < -0.39 is 29.6 Å². The van der Waals surface area contributed by atoms with Gasteiger partial charge in [0.15, 0.2) is 5.78 Å². The molecule has 2 aromatic heterocycles. The van der Waals surface area contributed by atoms with E-state index in [1.54, 1.807) is 16.7 Å². The van der Waals surface area contributed by atoms with Crippen LogP contribution in [0.1, 0.15) is 28.5 Å². The summed E-state index contributed by atoms with van der Waals surface area (Å²) < 4.78 is 37.3. The number of imidazole rings is 1. The molecule has 1 aliphatic rings. The average molecular weight is 429 g/mol. The molecule has 1 atom stereocenters. The van der Waals surface area contributed by atoms with Crippen LogP contribution >= 0.6 is 0 Å². The molecule has 1 saturated heterocycles. The highest BCUT2D eigenvalue weighted by molar-refractivity contribution is 5.94. The van der Waals surface area contributed by atoms with E-state index in [2.05, 4.69) is 4.98 Å². The zero-order valence-electron chi connectivity index (χ0n) is 17.1. The molecule has 0 aliphatic carbocycles. The lowest BCUT2D eigenvalue weighted by molar-refractivity contribution is -0.0214. The monoisotopic (exact) mass is 429 g/mol. The van der Waals surface area contributed by atoms with Crippen molar-refractivity contribution in [3.05, 3.63) is 58.9 Å². The number of fused-ring (bicyclic) bond motifs is 1. The lowest BCUT2D eigenvalue weighted by Gasteiger charge is -2.31. The van der Waals surface area contributed by atoms with E-state index >= 15 is 0 Å². The molecule has 1 amide bonds. The van der Waals surface area contributed by atoms with Gasteiger partial charge >= 0.3 is 6.09 Å². The molecule has 162 valence electrons. The molecule has 31 heavy (non-hydrogen) atoms. The van der Waals surface area contributed by atoms with Gasteiger partial charge in [-0.15, -0.1) is 0 Å². The lowest BCUT2D eigenvalue weighted by Crippen LogP contribution is -2.45. The van der Waals surface area contributed by atoms with E-state index in [1.807, 2.05) is 13.0 Å². The van der Waals surface area contributed by atoms with Gasteiger partial charge in [-0.1, -0.05) is 0 Å². The van der Waals surface area contributed by atoms with Gasteiger partial charge in [0.2, 0.25) is 0 Å². The molecule has 1 fully saturated rings. The van der Waals surface area contributed by atoms with Crippen molar-refractivity contribution in [1.29, 1.82) is 0 Å². The third-order valence-corrected chi connectivity index (χ3v) is 5.40. The summed E-state index contributed by atoms with van der Waals surface area (Å²) in [6, 6.07) is 5.64. The SMILES string of the molecule is CC(=O)c1cc(F)c(-c2nc3cc(C)ccn3c2CC2CN(C(=O)O)CCO2)c(F)c1. The Balaban J connectivity index is 1.83. The highest BCUT2D eigenvalue weighted by Crippen LogP contribution is 2.32. The van der Waals surface area contributed by atoms with Crippen molar-refractivity contribution in [2.75, 3.05) is 19.7 Å². The normalized spacial score (nSPS) is 16.6. The molecule has 0 radical (unpaired) electrons. The molecular weight excluding hydrogens is 408 g/mol. The number of hydrogen-bond donors (Lipinski definition) is 1. The van der Waals surface area contributed by atoms with Gasteiger partial charge in [0.25, 0.3) is 0 Å². The maximum atomic E-state index is 14.9. The second-order valence-electron chi connectivity index (χ2n) is 7.64. The molecular formula is C22H21F2N3O4. The summed E-state index contributed by atoms with van der Waals surface area (Å²) >= 11 is 0. The van der Waals surface area contributed by atoms with Crippen LogP contribution in [-0.4, -0.2) is 57.1 Å². The Hall–Kier alpha value is -3.33. The van der Waals surface area contributed by atoms with Crippen LogP contribution in [0.4, 0.5) is 13.6 Å². The van der Waals surface area contributed by atoms with Crippen LogP contribution in [0, 0.1) is 18.6 Å². The van der Waals surface area contributed by atoms with Gasteiger partial charge in [0.05, 0.1) is 36.2 Å². The van der Waals surface area contributed by atoms with Crippen molar-refractivity contribution >= 4 is 17.5 Å². The molecule has 7 nitrogen and oxygen atoms in total. The van der Waals surface area contributed by atoms with Crippen LogP contribution in [0.3, 0.4) is 0 Å². The average Bonchev–Trinajstić information content (AvgIpc) is 3.04. The number of ketones is 1. The van der Waals surface area contributed by atoms with Crippen molar-refractivity contribution < 1.29 is 28.2 Å². The second kappa shape index (κ2) is 8.07. The summed E-state index contributed by atoms with van der Waals surface area (Å²) in [5.41, 5.74) is 1.65. The molecule has 1 aromatic carbocycles. The largest absolute Gasteiger partial charge is 0.465 e. The number of pyridine rings is 1. The minimum absolute atomic E-state index is 0.0624. The third kappa shape index (κ3) is 4.00. The Labute approximate surface area is 176 Å². The summed E-state index contributed by atoms with van der Waals surface area (Å²) in [7, 11) is 0. The van der Waals surface area contributed by atoms with E-state index in [9.17, 15) is 23.5 Å². The molecule has 1 N–H and O–H groups in total. The van der Waals surface area contributed by atoms with E-state index in [1.165, 1.54) is 11.8 Å². The molecule has 0 spiro atoms. The maximum Gasteiger partial charge on any atom is 0.407 e. The fourth-order valence-electron chi connectivity index (χ4n) is 3.83. The zero-order chi connectivity index (χ0) is 22.3. The minimum Gasteiger partial charge on any atom is -0.465 e. The van der Waals surface area contributed by atoms with Gasteiger partial charge in [-0.25, -0.2) is 18.6 Å². The summed E-state index contributed by atoms with van der Waals surface area (Å²) in [5, 5.41) is 9.29. The summed E-state index contributed by atoms with van der Waals surface area (Å²) in [4.78, 5) is 28.6. The number of aromatic nitrogens is 2. The number of carbonyl (C=O) groups is 2. The number of morpholine rings is 1. The zero-order valence-corrected chi connectivity index (χ0v) is 17.1. The van der Waals surface area contributed by atoms with Crippen molar-refractivity contribution in [3.63, 3.8) is 0 Å². The van der Waals surface area contributed by atoms with Gasteiger partial charge in [-0.05, 0) is 43.7 Å². The van der Waals surface area contributed by atoms with Crippen LogP contribution in [0.15, 0.2) is 30.5 Å². The minimum atomic E-state index is -1.04. The Bertz CT molecular complexity index is 1170. The lowest BCUT2D eigenvalue weighted by atomic mass is 10.0. The fraction of sp³-hybridized carbons (Fsp3) is 0.318. The van der Waals surface area contributed by atoms with Crippen molar-refractivity contribution in [2.45, 2.75) is 26.4 Å². The summed E-state index contributed by atoms with van der Waals surface area (Å²) in [6.07, 6.45) is 0.427. The first-order chi connectivity index (χ1) is 14.7. The van der Waals surface area contributed by atoms with Gasteiger partial charge in [0.1, 0.15) is 17.3 Å². The molecule has 1 unspecified atom stereocenters. The molecule has 9 heteroatoms. The Morgan fingerprint density at radius 3 is 2.61 bits per heavy atom. The van der Waals surface area contributed by atoms with Crippen molar-refractivity contribution in [2.24, 2.45) is 0 Å². The fourth-order valence-corrected chi connectivity index (χ4v) is 3.83. The molecule has 0 bridgehead atoms. The second-order valence-corrected chi connectivity index (χ2v) is 7.64. The predicted octanol–water partition coefficient (Wildman–Crippen LogP) is 3.71. The number of hydrogen-bond acceptors (Lipinski definition) is 4. The molecule has 4 rings (SSSR count). The van der Waals surface area contributed by atoms with E-state index in [0.717, 1.165) is 17.7 Å². The van der Waals surface area contributed by atoms with E-state index in [-0.39, 0.29) is 42.9 Å². The number of rotatable bonds is 4. The number of benzene rings is 1. The highest BCUT2D eigenvalue weighted by atomic mass is 19.1. The number of amides is 1. The number of nitrogens with zero attached hydrogens (tertiary/aromatic N) is 3. The molecule has 0 saturated carbocycles. The summed E-state index contributed by atoms with van der Waals surface area (Å²) in [5.74, 6) is -2.22. The maximum absolute atomic E-state index is 14.9. The first-order valence-corrected chi connectivity index (χ1v) is 9.82. The van der Waals surface area contributed by atoms with Crippen molar-refractivity contribution in [3.8, 4) is 11.3 Å². The van der Waals surface area contributed by atoms with Gasteiger partial charge in [-0.3, -0.25) is 4.79 Å². The smallest absolute Gasteiger partial charge is 0.407 e. The van der Waals surface area contributed by atoms with Gasteiger partial charge < -0.3 is 19.1 Å². The van der Waals surface area contributed by atoms with Crippen LogP contribution in [-0.2, 0) is 11.2 Å². The Kier molecular flexibility index (Phi) is 5.45. The number of carbonyl (C=O) groups excluding carboxylic acids is 1. The standard InChI is InChI=1S/C22H21F2N3O4/c1-12-3-4-27-18(10-15-11-26(22(29)30)5-6-31-15)21(25-19(27)7-12)20-16(23)8-14(13(2)28)9-17(20)24/h3-4,7-9,15H,5-6,10-11H2,1-2H3,(H,29,30). The highest BCUT2D eigenvalue weighted by Gasteiger charge is 2.28. The molecule has 3 aromatic rings. The predicted molar refractivity (Wildman–Crippen MR) is 108 cm³/mol. The topological polar surface area (TPSA) is 84.1 Å². The number of ether oxygens (including phenoxy) is 1. The van der Waals surface area contributed by atoms with E-state index in [4.69, 9.17) is 4.74 Å². The van der Waals surface area contributed by atoms with Crippen LogP contribution in [0.2, 0.25) is 0 Å². The quantitative estimate of drug-likeness (QED) is 0.639. The number of Topliss-reactive ketones (excluding diaryl/α,β-unsaturated/α-hetero) is 1. The van der Waals surface area contributed by atoms with Gasteiger partial charge in [0, 0.05) is 24.7 Å². The van der Waals surface area contributed by atoms with Crippen LogP contribution < -0.4 is 0 Å². The van der Waals surface area contributed by atoms with Gasteiger partial charge in [-0.2, -0.15) is 0 Å². The third-order valence-electron chi connectivity index (χ3n) is 5.40. The van der Waals surface area contributed by atoms with Crippen LogP contribution in [0.25, 0.3) is 16.9 Å². The molecule has 1 aliphatic heterocycles. The number of aryl methyl sites for hydroxylation is 1. The Morgan fingerprint density at radius 2 is 1.97 bits per heavy atom. The first-order valence-electron chi connectivity index (χ1n) is 9.82. The first kappa shape index (κ1) is 20.9. The Morgan fingerprint density at radius 1 is 1.26 bits per heavy atom. The molecule has 3 heterocycles.